The molecule has 1 heterocycles. The zero-order valence-corrected chi connectivity index (χ0v) is 11.7. The molecule has 21 heavy (non-hydrogen) atoms. The SMILES string of the molecule is O=C(O)COc1ccc(S(=O)(=O)N2C[C@@H](O)[C@@H](O)C2)cc1. The van der Waals surface area contributed by atoms with Crippen molar-refractivity contribution in [3.05, 3.63) is 24.3 Å². The van der Waals surface area contributed by atoms with Crippen molar-refractivity contribution in [3.8, 4) is 5.75 Å². The van der Waals surface area contributed by atoms with Gasteiger partial charge < -0.3 is 20.1 Å². The summed E-state index contributed by atoms with van der Waals surface area (Å²) < 4.78 is 30.4. The molecular weight excluding hydrogens is 302 g/mol. The lowest BCUT2D eigenvalue weighted by Crippen LogP contribution is -2.29. The molecule has 2 rings (SSSR count). The summed E-state index contributed by atoms with van der Waals surface area (Å²) in [6.07, 6.45) is -2.20. The van der Waals surface area contributed by atoms with Gasteiger partial charge in [0.25, 0.3) is 0 Å². The summed E-state index contributed by atoms with van der Waals surface area (Å²) in [5, 5.41) is 27.3. The number of aliphatic hydroxyl groups is 2. The van der Waals surface area contributed by atoms with E-state index in [0.29, 0.717) is 0 Å². The lowest BCUT2D eigenvalue weighted by molar-refractivity contribution is -0.139. The molecule has 3 N–H and O–H groups in total. The average Bonchev–Trinajstić information content (AvgIpc) is 2.77. The summed E-state index contributed by atoms with van der Waals surface area (Å²) in [4.78, 5) is 10.3. The van der Waals surface area contributed by atoms with Gasteiger partial charge in [0.15, 0.2) is 6.61 Å². The molecule has 1 saturated heterocycles. The molecular formula is C12H15NO7S. The van der Waals surface area contributed by atoms with Crippen LogP contribution in [0.15, 0.2) is 29.2 Å². The van der Waals surface area contributed by atoms with E-state index >= 15 is 0 Å². The highest BCUT2D eigenvalue weighted by atomic mass is 32.2. The molecule has 1 aliphatic heterocycles. The van der Waals surface area contributed by atoms with Gasteiger partial charge in [-0.3, -0.25) is 0 Å². The Morgan fingerprint density at radius 3 is 2.19 bits per heavy atom. The van der Waals surface area contributed by atoms with Crippen molar-refractivity contribution in [2.24, 2.45) is 0 Å². The summed E-state index contributed by atoms with van der Waals surface area (Å²) in [5.41, 5.74) is 0. The number of aliphatic carboxylic acids is 1. The minimum atomic E-state index is -3.81. The smallest absolute Gasteiger partial charge is 0.341 e. The second-order valence-corrected chi connectivity index (χ2v) is 6.55. The first-order valence-corrected chi connectivity index (χ1v) is 7.55. The van der Waals surface area contributed by atoms with Gasteiger partial charge in [0.05, 0.1) is 17.1 Å². The highest BCUT2D eigenvalue weighted by Crippen LogP contribution is 2.23. The van der Waals surface area contributed by atoms with Gasteiger partial charge in [0, 0.05) is 13.1 Å². The number of sulfonamides is 1. The van der Waals surface area contributed by atoms with Crippen LogP contribution in [0, 0.1) is 0 Å². The fourth-order valence-corrected chi connectivity index (χ4v) is 3.41. The van der Waals surface area contributed by atoms with E-state index in [0.717, 1.165) is 4.31 Å². The van der Waals surface area contributed by atoms with Crippen molar-refractivity contribution in [2.45, 2.75) is 17.1 Å². The molecule has 0 unspecified atom stereocenters. The monoisotopic (exact) mass is 317 g/mol. The number of hydrogen-bond donors (Lipinski definition) is 3. The minimum Gasteiger partial charge on any atom is -0.482 e. The topological polar surface area (TPSA) is 124 Å². The first-order chi connectivity index (χ1) is 9.80. The van der Waals surface area contributed by atoms with Crippen LogP contribution in [0.4, 0.5) is 0 Å². The summed E-state index contributed by atoms with van der Waals surface area (Å²) in [6.45, 7) is -0.849. The van der Waals surface area contributed by atoms with Crippen LogP contribution in [0.5, 0.6) is 5.75 Å². The van der Waals surface area contributed by atoms with Gasteiger partial charge in [-0.05, 0) is 24.3 Å². The van der Waals surface area contributed by atoms with Crippen LogP contribution in [-0.4, -0.2) is 65.9 Å². The molecule has 2 atom stereocenters. The van der Waals surface area contributed by atoms with Crippen LogP contribution in [0.2, 0.25) is 0 Å². The predicted octanol–water partition coefficient (Wildman–Crippen LogP) is -1.12. The zero-order chi connectivity index (χ0) is 15.6. The maximum atomic E-state index is 12.3. The molecule has 0 aromatic heterocycles. The van der Waals surface area contributed by atoms with Crippen LogP contribution in [0.1, 0.15) is 0 Å². The van der Waals surface area contributed by atoms with Crippen molar-refractivity contribution >= 4 is 16.0 Å². The largest absolute Gasteiger partial charge is 0.482 e. The van der Waals surface area contributed by atoms with Crippen molar-refractivity contribution in [1.29, 1.82) is 0 Å². The van der Waals surface area contributed by atoms with Crippen LogP contribution in [-0.2, 0) is 14.8 Å². The molecule has 0 radical (unpaired) electrons. The lowest BCUT2D eigenvalue weighted by atomic mass is 10.3. The summed E-state index contributed by atoms with van der Waals surface area (Å²) in [5.74, 6) is -0.899. The maximum Gasteiger partial charge on any atom is 0.341 e. The van der Waals surface area contributed by atoms with E-state index in [2.05, 4.69) is 0 Å². The third kappa shape index (κ3) is 3.50. The summed E-state index contributed by atoms with van der Waals surface area (Å²) >= 11 is 0. The Balaban J connectivity index is 2.12. The van der Waals surface area contributed by atoms with E-state index in [-0.39, 0.29) is 23.7 Å². The number of β-amino-alcohol motifs (C(OH)–C–C–N with tert-alkyl or cyclic N) is 2. The quantitative estimate of drug-likeness (QED) is 0.628. The number of benzene rings is 1. The van der Waals surface area contributed by atoms with E-state index in [1.165, 1.54) is 24.3 Å². The van der Waals surface area contributed by atoms with Crippen LogP contribution >= 0.6 is 0 Å². The third-order valence-corrected chi connectivity index (χ3v) is 4.90. The molecule has 0 amide bonds. The second-order valence-electron chi connectivity index (χ2n) is 4.61. The Bertz CT molecular complexity index is 603. The van der Waals surface area contributed by atoms with E-state index in [1.54, 1.807) is 0 Å². The van der Waals surface area contributed by atoms with Gasteiger partial charge in [-0.1, -0.05) is 0 Å². The van der Waals surface area contributed by atoms with Gasteiger partial charge in [-0.2, -0.15) is 4.31 Å². The molecule has 1 aromatic rings. The first kappa shape index (κ1) is 15.7. The number of ether oxygens (including phenoxy) is 1. The van der Waals surface area contributed by atoms with Crippen molar-refractivity contribution in [3.63, 3.8) is 0 Å². The number of aliphatic hydroxyl groups excluding tert-OH is 2. The van der Waals surface area contributed by atoms with E-state index in [1.807, 2.05) is 0 Å². The highest BCUT2D eigenvalue weighted by Gasteiger charge is 2.37. The highest BCUT2D eigenvalue weighted by molar-refractivity contribution is 7.89. The third-order valence-electron chi connectivity index (χ3n) is 3.05. The Hall–Kier alpha value is -1.68. The van der Waals surface area contributed by atoms with Crippen LogP contribution in [0.3, 0.4) is 0 Å². The zero-order valence-electron chi connectivity index (χ0n) is 10.9. The van der Waals surface area contributed by atoms with Gasteiger partial charge in [0.1, 0.15) is 5.75 Å². The van der Waals surface area contributed by atoms with Crippen molar-refractivity contribution in [1.82, 2.24) is 4.31 Å². The molecule has 1 aliphatic rings. The number of rotatable bonds is 5. The number of hydrogen-bond acceptors (Lipinski definition) is 6. The molecule has 0 aliphatic carbocycles. The molecule has 8 nitrogen and oxygen atoms in total. The molecule has 116 valence electrons. The van der Waals surface area contributed by atoms with Crippen molar-refractivity contribution in [2.75, 3.05) is 19.7 Å². The Morgan fingerprint density at radius 1 is 1.19 bits per heavy atom. The maximum absolute atomic E-state index is 12.3. The van der Waals surface area contributed by atoms with Crippen LogP contribution in [0.25, 0.3) is 0 Å². The predicted molar refractivity (Wildman–Crippen MR) is 70.3 cm³/mol. The standard InChI is InChI=1S/C12H15NO7S/c14-10-5-13(6-11(10)15)21(18,19)9-3-1-8(2-4-9)20-7-12(16)17/h1-4,10-11,14-15H,5-7H2,(H,16,17)/t10-,11+. The van der Waals surface area contributed by atoms with Gasteiger partial charge in [0.2, 0.25) is 10.0 Å². The number of carboxylic acids is 1. The van der Waals surface area contributed by atoms with Gasteiger partial charge in [-0.15, -0.1) is 0 Å². The molecule has 0 saturated carbocycles. The lowest BCUT2D eigenvalue weighted by Gasteiger charge is -2.15. The molecule has 1 aromatic carbocycles. The molecule has 1 fully saturated rings. The summed E-state index contributed by atoms with van der Waals surface area (Å²) in [6, 6.07) is 5.25. The number of carbonyl (C=O) groups is 1. The fourth-order valence-electron chi connectivity index (χ4n) is 1.93. The van der Waals surface area contributed by atoms with Crippen LogP contribution < -0.4 is 4.74 Å². The Morgan fingerprint density at radius 2 is 1.71 bits per heavy atom. The van der Waals surface area contributed by atoms with E-state index < -0.39 is 34.8 Å². The van der Waals surface area contributed by atoms with Gasteiger partial charge in [-0.25, -0.2) is 13.2 Å². The van der Waals surface area contributed by atoms with Gasteiger partial charge >= 0.3 is 5.97 Å². The minimum absolute atomic E-state index is 0.0218. The second kappa shape index (κ2) is 5.98. The first-order valence-electron chi connectivity index (χ1n) is 6.11. The Labute approximate surface area is 121 Å². The van der Waals surface area contributed by atoms with E-state index in [4.69, 9.17) is 9.84 Å². The molecule has 0 spiro atoms. The summed E-state index contributed by atoms with van der Waals surface area (Å²) in [7, 11) is -3.81. The fraction of sp³-hybridized carbons (Fsp3) is 0.417. The number of nitrogens with zero attached hydrogens (tertiary/aromatic N) is 1. The Kier molecular flexibility index (Phi) is 4.47. The molecule has 0 bridgehead atoms. The van der Waals surface area contributed by atoms with E-state index in [9.17, 15) is 23.4 Å². The average molecular weight is 317 g/mol. The molecule has 9 heteroatoms. The number of carboxylic acid groups (broad SMARTS) is 1. The normalized spacial score (nSPS) is 23.1. The van der Waals surface area contributed by atoms with Crippen molar-refractivity contribution < 1.29 is 33.3 Å².